The molecule has 1 aromatic heterocycles. The molecule has 0 saturated heterocycles. The average molecular weight is 378 g/mol. The number of aliphatic imine (C=N–C) groups is 1. The fraction of sp³-hybridized carbons (Fsp3) is 0.368. The van der Waals surface area contributed by atoms with E-state index in [1.54, 1.807) is 7.05 Å². The van der Waals surface area contributed by atoms with E-state index in [1.165, 1.54) is 12.1 Å². The highest BCUT2D eigenvalue weighted by atomic mass is 19.4. The molecule has 0 bridgehead atoms. The average Bonchev–Trinajstić information content (AvgIpc) is 3.10. The van der Waals surface area contributed by atoms with Crippen molar-refractivity contribution in [1.82, 2.24) is 15.8 Å². The van der Waals surface area contributed by atoms with Crippen molar-refractivity contribution in [3.63, 3.8) is 0 Å². The van der Waals surface area contributed by atoms with Crippen LogP contribution in [0.25, 0.3) is 0 Å². The van der Waals surface area contributed by atoms with Gasteiger partial charge in [0.1, 0.15) is 0 Å². The van der Waals surface area contributed by atoms with Crippen molar-refractivity contribution in [2.45, 2.75) is 32.5 Å². The van der Waals surface area contributed by atoms with Gasteiger partial charge in [0.05, 0.1) is 24.3 Å². The van der Waals surface area contributed by atoms with Gasteiger partial charge in [0.25, 0.3) is 0 Å². The summed E-state index contributed by atoms with van der Waals surface area (Å²) in [4.78, 5) is 4.05. The lowest BCUT2D eigenvalue weighted by Crippen LogP contribution is -2.36. The number of aromatic nitrogens is 1. The fourth-order valence-electron chi connectivity index (χ4n) is 2.12. The van der Waals surface area contributed by atoms with Gasteiger partial charge in [-0.15, -0.1) is 0 Å². The first-order valence-corrected chi connectivity index (χ1v) is 8.35. The van der Waals surface area contributed by atoms with E-state index in [9.17, 15) is 13.2 Å². The van der Waals surface area contributed by atoms with Gasteiger partial charge in [-0.3, -0.25) is 4.99 Å². The van der Waals surface area contributed by atoms with Gasteiger partial charge < -0.3 is 15.2 Å². The van der Waals surface area contributed by atoms with Crippen LogP contribution in [-0.4, -0.2) is 24.7 Å². The normalized spacial score (nSPS) is 11.9. The number of guanidine groups is 1. The maximum absolute atomic E-state index is 12.7. The number of benzene rings is 1. The molecule has 2 aromatic rings. The summed E-state index contributed by atoms with van der Waals surface area (Å²) >= 11 is 0. The Morgan fingerprint density at radius 2 is 2.04 bits per heavy atom. The van der Waals surface area contributed by atoms with Crippen molar-refractivity contribution >= 4 is 5.96 Å². The van der Waals surface area contributed by atoms with Crippen LogP contribution in [0.1, 0.15) is 42.3 Å². The lowest BCUT2D eigenvalue weighted by molar-refractivity contribution is -0.137. The topological polar surface area (TPSA) is 62.5 Å². The summed E-state index contributed by atoms with van der Waals surface area (Å²) in [6.07, 6.45) is -4.38. The van der Waals surface area contributed by atoms with E-state index in [-0.39, 0.29) is 12.5 Å². The second-order valence-corrected chi connectivity index (χ2v) is 6.03. The van der Waals surface area contributed by atoms with Gasteiger partial charge in [0.2, 0.25) is 0 Å². The number of hydrogen-bond acceptors (Lipinski definition) is 3. The minimum Gasteiger partial charge on any atom is -0.359 e. The van der Waals surface area contributed by atoms with E-state index in [0.717, 1.165) is 17.8 Å². The van der Waals surface area contributed by atoms with Crippen molar-refractivity contribution < 1.29 is 17.7 Å². The van der Waals surface area contributed by atoms with Crippen LogP contribution < -0.4 is 10.6 Å². The van der Waals surface area contributed by atoms with E-state index in [0.29, 0.717) is 23.8 Å². The zero-order valence-electron chi connectivity index (χ0n) is 15.3. The molecule has 0 unspecified atom stereocenters. The van der Waals surface area contributed by atoms with E-state index in [1.807, 2.05) is 19.9 Å². The number of hydrogen-bond donors (Lipinski definition) is 2. The zero-order valence-corrected chi connectivity index (χ0v) is 15.3. The molecule has 0 saturated carbocycles. The van der Waals surface area contributed by atoms with Crippen molar-refractivity contribution in [2.75, 3.05) is 13.6 Å². The van der Waals surface area contributed by atoms with Crippen LogP contribution in [0, 0.1) is 11.8 Å². The SMILES string of the molecule is CN=C(NCC#Cc1cccc(C(F)(F)F)c1)NCc1cc(C(C)C)no1. The summed E-state index contributed by atoms with van der Waals surface area (Å²) in [5.41, 5.74) is 0.465. The molecule has 27 heavy (non-hydrogen) atoms. The maximum atomic E-state index is 12.7. The molecule has 0 radical (unpaired) electrons. The molecule has 0 amide bonds. The summed E-state index contributed by atoms with van der Waals surface area (Å²) in [5, 5.41) is 9.99. The van der Waals surface area contributed by atoms with E-state index in [4.69, 9.17) is 4.52 Å². The number of alkyl halides is 3. The molecule has 5 nitrogen and oxygen atoms in total. The molecule has 1 heterocycles. The van der Waals surface area contributed by atoms with Gasteiger partial charge in [-0.05, 0) is 24.1 Å². The second kappa shape index (κ2) is 9.12. The molecular formula is C19H21F3N4O. The molecule has 0 fully saturated rings. The van der Waals surface area contributed by atoms with Crippen LogP contribution >= 0.6 is 0 Å². The zero-order chi connectivity index (χ0) is 19.9. The van der Waals surface area contributed by atoms with Crippen LogP contribution in [-0.2, 0) is 12.7 Å². The Morgan fingerprint density at radius 3 is 2.67 bits per heavy atom. The molecular weight excluding hydrogens is 357 g/mol. The number of rotatable bonds is 4. The Balaban J connectivity index is 1.86. The predicted molar refractivity (Wildman–Crippen MR) is 97.1 cm³/mol. The van der Waals surface area contributed by atoms with Crippen LogP contribution in [0.4, 0.5) is 13.2 Å². The molecule has 2 rings (SSSR count). The number of nitrogens with one attached hydrogen (secondary N) is 2. The summed E-state index contributed by atoms with van der Waals surface area (Å²) in [5.74, 6) is 6.94. The molecule has 2 N–H and O–H groups in total. The Morgan fingerprint density at radius 1 is 1.26 bits per heavy atom. The maximum Gasteiger partial charge on any atom is 0.416 e. The molecule has 1 aromatic carbocycles. The highest BCUT2D eigenvalue weighted by molar-refractivity contribution is 5.79. The third-order valence-electron chi connectivity index (χ3n) is 3.59. The molecule has 0 aliphatic rings. The van der Waals surface area contributed by atoms with Gasteiger partial charge in [-0.2, -0.15) is 13.2 Å². The predicted octanol–water partition coefficient (Wildman–Crippen LogP) is 3.53. The first-order valence-electron chi connectivity index (χ1n) is 8.35. The van der Waals surface area contributed by atoms with Crippen molar-refractivity contribution in [2.24, 2.45) is 4.99 Å². The summed E-state index contributed by atoms with van der Waals surface area (Å²) in [6, 6.07) is 6.78. The fourth-order valence-corrected chi connectivity index (χ4v) is 2.12. The lowest BCUT2D eigenvalue weighted by atomic mass is 10.1. The molecule has 0 aliphatic heterocycles. The van der Waals surface area contributed by atoms with Gasteiger partial charge in [0, 0.05) is 18.7 Å². The van der Waals surface area contributed by atoms with Crippen LogP contribution in [0.3, 0.4) is 0 Å². The highest BCUT2D eigenvalue weighted by Crippen LogP contribution is 2.29. The van der Waals surface area contributed by atoms with Gasteiger partial charge >= 0.3 is 6.18 Å². The molecule has 8 heteroatoms. The standard InChI is InChI=1S/C19H21F3N4O/c1-13(2)17-11-16(27-26-17)12-25-18(23-3)24-9-5-7-14-6-4-8-15(10-14)19(20,21)22/h4,6,8,10-11,13H,9,12H2,1-3H3,(H2,23,24,25). The first-order chi connectivity index (χ1) is 12.8. The third kappa shape index (κ3) is 6.37. The smallest absolute Gasteiger partial charge is 0.359 e. The Bertz CT molecular complexity index is 844. The van der Waals surface area contributed by atoms with E-state index in [2.05, 4.69) is 32.6 Å². The Labute approximate surface area is 156 Å². The van der Waals surface area contributed by atoms with Gasteiger partial charge in [-0.25, -0.2) is 0 Å². The minimum absolute atomic E-state index is 0.226. The third-order valence-corrected chi connectivity index (χ3v) is 3.59. The monoisotopic (exact) mass is 378 g/mol. The van der Waals surface area contributed by atoms with Gasteiger partial charge in [-0.1, -0.05) is 36.9 Å². The first kappa shape index (κ1) is 20.4. The second-order valence-electron chi connectivity index (χ2n) is 6.03. The summed E-state index contributed by atoms with van der Waals surface area (Å²) in [7, 11) is 1.61. The highest BCUT2D eigenvalue weighted by Gasteiger charge is 2.30. The largest absolute Gasteiger partial charge is 0.416 e. The molecule has 144 valence electrons. The van der Waals surface area contributed by atoms with E-state index >= 15 is 0 Å². The van der Waals surface area contributed by atoms with E-state index < -0.39 is 11.7 Å². The van der Waals surface area contributed by atoms with Gasteiger partial charge in [0.15, 0.2) is 11.7 Å². The van der Waals surface area contributed by atoms with Crippen LogP contribution in [0.15, 0.2) is 39.8 Å². The summed E-state index contributed by atoms with van der Waals surface area (Å²) < 4.78 is 43.3. The van der Waals surface area contributed by atoms with Crippen molar-refractivity contribution in [3.8, 4) is 11.8 Å². The van der Waals surface area contributed by atoms with Crippen molar-refractivity contribution in [3.05, 3.63) is 52.9 Å². The molecule has 0 spiro atoms. The molecule has 0 aliphatic carbocycles. The Hall–Kier alpha value is -2.95. The minimum atomic E-state index is -4.38. The van der Waals surface area contributed by atoms with Crippen LogP contribution in [0.5, 0.6) is 0 Å². The number of nitrogens with zero attached hydrogens (tertiary/aromatic N) is 2. The van der Waals surface area contributed by atoms with Crippen LogP contribution in [0.2, 0.25) is 0 Å². The Kier molecular flexibility index (Phi) is 6.88. The van der Waals surface area contributed by atoms with Crippen molar-refractivity contribution in [1.29, 1.82) is 0 Å². The number of halogens is 3. The quantitative estimate of drug-likeness (QED) is 0.485. The summed E-state index contributed by atoms with van der Waals surface area (Å²) in [6.45, 7) is 4.68. The molecule has 0 atom stereocenters. The lowest BCUT2D eigenvalue weighted by Gasteiger charge is -2.08.